The molecule has 1 aliphatic heterocycles. The van der Waals surface area contributed by atoms with Gasteiger partial charge in [0.05, 0.1) is 18.0 Å². The van der Waals surface area contributed by atoms with Crippen molar-refractivity contribution in [3.05, 3.63) is 64.6 Å². The van der Waals surface area contributed by atoms with Crippen LogP contribution < -0.4 is 0 Å². The first kappa shape index (κ1) is 24.2. The van der Waals surface area contributed by atoms with Gasteiger partial charge in [-0.15, -0.1) is 0 Å². The maximum absolute atomic E-state index is 5.99. The van der Waals surface area contributed by atoms with E-state index < -0.39 is 0 Å². The molecule has 0 aromatic carbocycles. The molecule has 0 fully saturated rings. The third kappa shape index (κ3) is 7.58. The summed E-state index contributed by atoms with van der Waals surface area (Å²) in [5.41, 5.74) is 6.37. The van der Waals surface area contributed by atoms with Crippen LogP contribution in [0.5, 0.6) is 0 Å². The molecule has 4 heteroatoms. The van der Waals surface area contributed by atoms with Crippen molar-refractivity contribution in [1.82, 2.24) is 9.97 Å². The van der Waals surface area contributed by atoms with Crippen molar-refractivity contribution in [2.45, 2.75) is 91.4 Å². The van der Waals surface area contributed by atoms with Crippen LogP contribution in [0.3, 0.4) is 0 Å². The summed E-state index contributed by atoms with van der Waals surface area (Å²) in [6.07, 6.45) is 18.5. The van der Waals surface area contributed by atoms with Crippen LogP contribution in [0.25, 0.3) is 6.08 Å². The first-order valence-electron chi connectivity index (χ1n) is 12.7. The van der Waals surface area contributed by atoms with E-state index in [2.05, 4.69) is 61.1 Å². The molecule has 0 amide bonds. The van der Waals surface area contributed by atoms with Crippen molar-refractivity contribution < 1.29 is 4.74 Å². The number of nitrogens with zero attached hydrogens (tertiary/aromatic N) is 1. The molecule has 0 saturated heterocycles. The van der Waals surface area contributed by atoms with E-state index in [0.717, 1.165) is 47.1 Å². The molecule has 2 aromatic heterocycles. The van der Waals surface area contributed by atoms with Crippen LogP contribution in [0, 0.1) is 6.92 Å². The first-order chi connectivity index (χ1) is 15.7. The molecule has 32 heavy (non-hydrogen) atoms. The molecule has 0 aliphatic carbocycles. The van der Waals surface area contributed by atoms with Gasteiger partial charge < -0.3 is 14.7 Å². The van der Waals surface area contributed by atoms with Gasteiger partial charge in [-0.3, -0.25) is 0 Å². The summed E-state index contributed by atoms with van der Waals surface area (Å²) < 4.78 is 5.99. The van der Waals surface area contributed by atoms with Gasteiger partial charge in [0.2, 0.25) is 0 Å². The number of aromatic nitrogens is 2. The Morgan fingerprint density at radius 3 is 2.28 bits per heavy atom. The zero-order chi connectivity index (χ0) is 22.6. The number of nitrogens with one attached hydrogen (secondary N) is 2. The van der Waals surface area contributed by atoms with Gasteiger partial charge in [-0.2, -0.15) is 0 Å². The van der Waals surface area contributed by atoms with Crippen molar-refractivity contribution >= 4 is 11.8 Å². The summed E-state index contributed by atoms with van der Waals surface area (Å²) in [7, 11) is 0. The van der Waals surface area contributed by atoms with Crippen molar-refractivity contribution in [3.63, 3.8) is 0 Å². The van der Waals surface area contributed by atoms with Crippen LogP contribution in [0.4, 0.5) is 0 Å². The minimum atomic E-state index is 0.699. The quantitative estimate of drug-likeness (QED) is 0.275. The third-order valence-corrected chi connectivity index (χ3v) is 5.94. The molecule has 174 valence electrons. The van der Waals surface area contributed by atoms with Gasteiger partial charge in [0.1, 0.15) is 11.5 Å². The Balaban J connectivity index is 1.51. The molecule has 0 saturated carbocycles. The molecule has 0 radical (unpaired) electrons. The highest BCUT2D eigenvalue weighted by Crippen LogP contribution is 2.26. The largest absolute Gasteiger partial charge is 0.491 e. The molecule has 4 nitrogen and oxygen atoms in total. The monoisotopic (exact) mass is 435 g/mol. The highest BCUT2D eigenvalue weighted by molar-refractivity contribution is 6.11. The van der Waals surface area contributed by atoms with E-state index in [4.69, 9.17) is 9.73 Å². The average molecular weight is 436 g/mol. The number of ether oxygens (including phenoxy) is 1. The summed E-state index contributed by atoms with van der Waals surface area (Å²) in [5, 5.41) is 0. The Hall–Kier alpha value is -2.49. The Bertz CT molecular complexity index is 913. The highest BCUT2D eigenvalue weighted by Gasteiger charge is 2.18. The fourth-order valence-electron chi connectivity index (χ4n) is 4.10. The van der Waals surface area contributed by atoms with Crippen LogP contribution in [0.1, 0.15) is 101 Å². The van der Waals surface area contributed by atoms with Gasteiger partial charge in [-0.25, -0.2) is 4.99 Å². The zero-order valence-electron chi connectivity index (χ0n) is 20.3. The van der Waals surface area contributed by atoms with E-state index >= 15 is 0 Å². The third-order valence-electron chi connectivity index (χ3n) is 5.94. The van der Waals surface area contributed by atoms with Gasteiger partial charge >= 0.3 is 0 Å². The van der Waals surface area contributed by atoms with Crippen LogP contribution in [-0.4, -0.2) is 22.3 Å². The number of hydrogen-bond acceptors (Lipinski definition) is 2. The van der Waals surface area contributed by atoms with E-state index in [1.54, 1.807) is 0 Å². The Kier molecular flexibility index (Phi) is 9.93. The van der Waals surface area contributed by atoms with E-state index in [1.165, 1.54) is 63.5 Å². The SMILES string of the molecule is CCCCCCCCCCCc1ccc(/C=C2\N=C(c3ccc(C)[nH]3)C=C2OCCC)[nH]1. The molecular formula is C28H41N3O. The predicted molar refractivity (Wildman–Crippen MR) is 136 cm³/mol. The van der Waals surface area contributed by atoms with Gasteiger partial charge in [-0.05, 0) is 56.5 Å². The van der Waals surface area contributed by atoms with Crippen LogP contribution in [-0.2, 0) is 11.2 Å². The number of aryl methyl sites for hydroxylation is 2. The lowest BCUT2D eigenvalue weighted by molar-refractivity contribution is 0.222. The summed E-state index contributed by atoms with van der Waals surface area (Å²) >= 11 is 0. The van der Waals surface area contributed by atoms with E-state index in [1.807, 2.05) is 6.08 Å². The Morgan fingerprint density at radius 2 is 1.59 bits per heavy atom. The zero-order valence-corrected chi connectivity index (χ0v) is 20.3. The smallest absolute Gasteiger partial charge is 0.147 e. The second-order valence-corrected chi connectivity index (χ2v) is 8.96. The van der Waals surface area contributed by atoms with Gasteiger partial charge in [0.15, 0.2) is 0 Å². The number of allylic oxidation sites excluding steroid dienone is 1. The van der Waals surface area contributed by atoms with Crippen molar-refractivity contribution in [3.8, 4) is 0 Å². The van der Waals surface area contributed by atoms with E-state index in [0.29, 0.717) is 6.61 Å². The van der Waals surface area contributed by atoms with Crippen LogP contribution >= 0.6 is 0 Å². The maximum atomic E-state index is 5.99. The number of hydrogen-bond donors (Lipinski definition) is 2. The molecule has 0 unspecified atom stereocenters. The van der Waals surface area contributed by atoms with E-state index in [9.17, 15) is 0 Å². The van der Waals surface area contributed by atoms with Crippen molar-refractivity contribution in [2.75, 3.05) is 6.61 Å². The van der Waals surface area contributed by atoms with Crippen LogP contribution in [0.2, 0.25) is 0 Å². The van der Waals surface area contributed by atoms with Gasteiger partial charge in [0, 0.05) is 23.2 Å². The lowest BCUT2D eigenvalue weighted by Gasteiger charge is -2.05. The fraction of sp³-hybridized carbons (Fsp3) is 0.536. The molecule has 0 atom stereocenters. The van der Waals surface area contributed by atoms with Crippen molar-refractivity contribution in [2.24, 2.45) is 4.99 Å². The lowest BCUT2D eigenvalue weighted by atomic mass is 10.1. The standard InChI is InChI=1S/C28H41N3O/c1-4-6-7-8-9-10-11-12-13-14-23-16-17-24(30-23)20-27-28(32-19-5-2)21-26(31-27)25-18-15-22(3)29-25/h15-18,20-21,29-30H,4-14,19H2,1-3H3/b27-20-. The normalized spacial score (nSPS) is 14.8. The maximum Gasteiger partial charge on any atom is 0.147 e. The second kappa shape index (κ2) is 13.1. The fourth-order valence-corrected chi connectivity index (χ4v) is 4.10. The molecular weight excluding hydrogens is 394 g/mol. The minimum absolute atomic E-state index is 0.699. The second-order valence-electron chi connectivity index (χ2n) is 8.96. The van der Waals surface area contributed by atoms with Crippen LogP contribution in [0.15, 0.2) is 46.8 Å². The molecule has 3 heterocycles. The molecule has 3 rings (SSSR count). The number of rotatable bonds is 15. The number of aromatic amines is 2. The summed E-state index contributed by atoms with van der Waals surface area (Å²) in [6.45, 7) is 7.16. The lowest BCUT2D eigenvalue weighted by Crippen LogP contribution is -1.95. The number of aliphatic imine (C=N–C) groups is 1. The molecule has 1 aliphatic rings. The molecule has 0 bridgehead atoms. The summed E-state index contributed by atoms with van der Waals surface area (Å²) in [5.74, 6) is 0.851. The summed E-state index contributed by atoms with van der Waals surface area (Å²) in [6, 6.07) is 8.51. The predicted octanol–water partition coefficient (Wildman–Crippen LogP) is 7.88. The highest BCUT2D eigenvalue weighted by atomic mass is 16.5. The van der Waals surface area contributed by atoms with Crippen molar-refractivity contribution in [1.29, 1.82) is 0 Å². The Labute approximate surface area is 194 Å². The first-order valence-corrected chi connectivity index (χ1v) is 12.7. The Morgan fingerprint density at radius 1 is 0.844 bits per heavy atom. The van der Waals surface area contributed by atoms with E-state index in [-0.39, 0.29) is 0 Å². The molecule has 2 N–H and O–H groups in total. The molecule has 2 aromatic rings. The minimum Gasteiger partial charge on any atom is -0.491 e. The van der Waals surface area contributed by atoms with Gasteiger partial charge in [-0.1, -0.05) is 65.2 Å². The molecule has 0 spiro atoms. The number of unbranched alkanes of at least 4 members (excludes halogenated alkanes) is 8. The average Bonchev–Trinajstić information content (AvgIpc) is 3.52. The van der Waals surface area contributed by atoms with Gasteiger partial charge in [0.25, 0.3) is 0 Å². The number of H-pyrrole nitrogens is 2. The topological polar surface area (TPSA) is 53.2 Å². The summed E-state index contributed by atoms with van der Waals surface area (Å²) in [4.78, 5) is 11.8.